The first-order chi connectivity index (χ1) is 9.06. The number of nitrogen functional groups attached to an aromatic ring is 2. The van der Waals surface area contributed by atoms with Gasteiger partial charge in [-0.05, 0) is 24.4 Å². The molecule has 3 aromatic rings. The number of fused-ring (bicyclic) bond motifs is 1. The molecule has 3 rings (SSSR count). The summed E-state index contributed by atoms with van der Waals surface area (Å²) >= 11 is 1.49. The van der Waals surface area contributed by atoms with Gasteiger partial charge in [0.25, 0.3) is 0 Å². The quantitative estimate of drug-likeness (QED) is 0.493. The molecule has 0 aliphatic carbocycles. The standard InChI is InChI=1S/C13H13N5S/c1-7-6-18(17-13(7)16)9-4-2-3-8-5-10(12(14)15)19-11(8)9/h2-6H,1H3,(H3,14,15)(H2,16,17). The van der Waals surface area contributed by atoms with Crippen LogP contribution in [0.3, 0.4) is 0 Å². The van der Waals surface area contributed by atoms with Crippen molar-refractivity contribution in [2.45, 2.75) is 6.92 Å². The van der Waals surface area contributed by atoms with E-state index in [1.807, 2.05) is 37.4 Å². The summed E-state index contributed by atoms with van der Waals surface area (Å²) in [5.41, 5.74) is 13.2. The largest absolute Gasteiger partial charge is 0.383 e. The fraction of sp³-hybridized carbons (Fsp3) is 0.0769. The van der Waals surface area contributed by atoms with Crippen LogP contribution in [0.2, 0.25) is 0 Å². The molecule has 0 unspecified atom stereocenters. The molecule has 0 amide bonds. The Balaban J connectivity index is 2.26. The highest BCUT2D eigenvalue weighted by atomic mass is 32.1. The predicted molar refractivity (Wildman–Crippen MR) is 79.1 cm³/mol. The van der Waals surface area contributed by atoms with Crippen LogP contribution in [0, 0.1) is 12.3 Å². The van der Waals surface area contributed by atoms with Gasteiger partial charge in [-0.2, -0.15) is 5.10 Å². The molecule has 0 radical (unpaired) electrons. The maximum absolute atomic E-state index is 7.53. The predicted octanol–water partition coefficient (Wildman–Crippen LogP) is 2.26. The highest BCUT2D eigenvalue weighted by Crippen LogP contribution is 2.31. The second-order valence-corrected chi connectivity index (χ2v) is 5.41. The van der Waals surface area contributed by atoms with E-state index in [-0.39, 0.29) is 5.84 Å². The molecule has 5 nitrogen and oxygen atoms in total. The molecule has 2 aromatic heterocycles. The summed E-state index contributed by atoms with van der Waals surface area (Å²) in [7, 11) is 0. The van der Waals surface area contributed by atoms with Gasteiger partial charge in [-0.25, -0.2) is 4.68 Å². The lowest BCUT2D eigenvalue weighted by Crippen LogP contribution is -2.08. The Bertz CT molecular complexity index is 764. The van der Waals surface area contributed by atoms with Gasteiger partial charge in [0, 0.05) is 11.8 Å². The minimum atomic E-state index is 0.0864. The highest BCUT2D eigenvalue weighted by Gasteiger charge is 2.11. The van der Waals surface area contributed by atoms with Crippen LogP contribution in [0.25, 0.3) is 15.8 Å². The molecular weight excluding hydrogens is 258 g/mol. The van der Waals surface area contributed by atoms with Crippen molar-refractivity contribution in [3.8, 4) is 5.69 Å². The van der Waals surface area contributed by atoms with Gasteiger partial charge in [0.2, 0.25) is 0 Å². The normalized spacial score (nSPS) is 11.0. The van der Waals surface area contributed by atoms with Gasteiger partial charge in [0.05, 0.1) is 15.3 Å². The van der Waals surface area contributed by atoms with E-state index in [9.17, 15) is 0 Å². The Kier molecular flexibility index (Phi) is 2.53. The third kappa shape index (κ3) is 1.86. The zero-order chi connectivity index (χ0) is 13.6. The van der Waals surface area contributed by atoms with Crippen LogP contribution in [0.5, 0.6) is 0 Å². The first-order valence-corrected chi connectivity index (χ1v) is 6.57. The molecule has 0 spiro atoms. The number of nitrogens with zero attached hydrogens (tertiary/aromatic N) is 2. The minimum Gasteiger partial charge on any atom is -0.383 e. The molecule has 0 saturated carbocycles. The van der Waals surface area contributed by atoms with Gasteiger partial charge in [-0.1, -0.05) is 12.1 Å². The van der Waals surface area contributed by atoms with Crippen molar-refractivity contribution in [1.29, 1.82) is 5.41 Å². The lowest BCUT2D eigenvalue weighted by Gasteiger charge is -2.02. The molecule has 0 aliphatic rings. The van der Waals surface area contributed by atoms with Crippen LogP contribution < -0.4 is 11.5 Å². The molecule has 6 heteroatoms. The van der Waals surface area contributed by atoms with E-state index in [1.165, 1.54) is 11.3 Å². The summed E-state index contributed by atoms with van der Waals surface area (Å²) in [5.74, 6) is 0.615. The first-order valence-electron chi connectivity index (χ1n) is 5.75. The number of aromatic nitrogens is 2. The van der Waals surface area contributed by atoms with E-state index in [0.29, 0.717) is 5.82 Å². The fourth-order valence-electron chi connectivity index (χ4n) is 1.96. The van der Waals surface area contributed by atoms with E-state index in [1.54, 1.807) is 4.68 Å². The summed E-state index contributed by atoms with van der Waals surface area (Å²) in [4.78, 5) is 0.763. The van der Waals surface area contributed by atoms with Crippen molar-refractivity contribution in [3.05, 3.63) is 40.9 Å². The van der Waals surface area contributed by atoms with Gasteiger partial charge in [-0.3, -0.25) is 5.41 Å². The summed E-state index contributed by atoms with van der Waals surface area (Å²) in [6, 6.07) is 7.86. The Morgan fingerprint density at radius 1 is 1.42 bits per heavy atom. The van der Waals surface area contributed by atoms with Gasteiger partial charge >= 0.3 is 0 Å². The smallest absolute Gasteiger partial charge is 0.148 e. The Morgan fingerprint density at radius 2 is 2.21 bits per heavy atom. The molecule has 1 aromatic carbocycles. The Hall–Kier alpha value is -2.34. The van der Waals surface area contributed by atoms with E-state index in [0.717, 1.165) is 26.2 Å². The number of nitrogens with one attached hydrogen (secondary N) is 1. The Morgan fingerprint density at radius 3 is 2.84 bits per heavy atom. The third-order valence-corrected chi connectivity index (χ3v) is 4.18. The van der Waals surface area contributed by atoms with Crippen LogP contribution in [-0.4, -0.2) is 15.6 Å². The molecule has 0 aliphatic heterocycles. The molecular formula is C13H13N5S. The number of hydrogen-bond acceptors (Lipinski definition) is 4. The summed E-state index contributed by atoms with van der Waals surface area (Å²) in [6.07, 6.45) is 1.90. The van der Waals surface area contributed by atoms with Crippen LogP contribution in [0.4, 0.5) is 5.82 Å². The lowest BCUT2D eigenvalue weighted by atomic mass is 10.2. The minimum absolute atomic E-state index is 0.0864. The van der Waals surface area contributed by atoms with E-state index in [4.69, 9.17) is 16.9 Å². The van der Waals surface area contributed by atoms with Crippen LogP contribution in [0.1, 0.15) is 10.4 Å². The number of hydrogen-bond donors (Lipinski definition) is 3. The molecule has 96 valence electrons. The van der Waals surface area contributed by atoms with E-state index in [2.05, 4.69) is 5.10 Å². The molecule has 5 N–H and O–H groups in total. The Labute approximate surface area is 114 Å². The van der Waals surface area contributed by atoms with E-state index >= 15 is 0 Å². The van der Waals surface area contributed by atoms with Crippen molar-refractivity contribution < 1.29 is 0 Å². The number of rotatable bonds is 2. The van der Waals surface area contributed by atoms with Gasteiger partial charge < -0.3 is 11.5 Å². The van der Waals surface area contributed by atoms with Crippen molar-refractivity contribution in [1.82, 2.24) is 9.78 Å². The molecule has 0 fully saturated rings. The van der Waals surface area contributed by atoms with Crippen LogP contribution in [0.15, 0.2) is 30.5 Å². The summed E-state index contributed by atoms with van der Waals surface area (Å²) in [5, 5.41) is 12.9. The zero-order valence-corrected chi connectivity index (χ0v) is 11.2. The SMILES string of the molecule is Cc1cn(-c2cccc3cc(C(=N)N)sc23)nc1N. The number of nitrogens with two attached hydrogens (primary N) is 2. The number of anilines is 1. The van der Waals surface area contributed by atoms with E-state index < -0.39 is 0 Å². The molecule has 2 heterocycles. The zero-order valence-electron chi connectivity index (χ0n) is 10.3. The topological polar surface area (TPSA) is 93.7 Å². The fourth-order valence-corrected chi connectivity index (χ4v) is 2.98. The van der Waals surface area contributed by atoms with Crippen molar-refractivity contribution in [3.63, 3.8) is 0 Å². The summed E-state index contributed by atoms with van der Waals surface area (Å²) < 4.78 is 2.82. The summed E-state index contributed by atoms with van der Waals surface area (Å²) in [6.45, 7) is 1.92. The van der Waals surface area contributed by atoms with Crippen molar-refractivity contribution >= 4 is 33.1 Å². The second kappa shape index (κ2) is 4.10. The number of aryl methyl sites for hydroxylation is 1. The first kappa shape index (κ1) is 11.7. The van der Waals surface area contributed by atoms with Gasteiger partial charge in [0.1, 0.15) is 11.7 Å². The molecule has 0 bridgehead atoms. The molecule has 0 saturated heterocycles. The maximum atomic E-state index is 7.53. The van der Waals surface area contributed by atoms with Crippen LogP contribution in [-0.2, 0) is 0 Å². The third-order valence-electron chi connectivity index (χ3n) is 2.97. The lowest BCUT2D eigenvalue weighted by molar-refractivity contribution is 0.894. The number of benzene rings is 1. The van der Waals surface area contributed by atoms with Crippen LogP contribution >= 0.6 is 11.3 Å². The number of amidine groups is 1. The molecule has 0 atom stereocenters. The average Bonchev–Trinajstić information content (AvgIpc) is 2.93. The molecule has 19 heavy (non-hydrogen) atoms. The van der Waals surface area contributed by atoms with Gasteiger partial charge in [0.15, 0.2) is 0 Å². The number of thiophene rings is 1. The van der Waals surface area contributed by atoms with Crippen molar-refractivity contribution in [2.24, 2.45) is 5.73 Å². The maximum Gasteiger partial charge on any atom is 0.148 e. The van der Waals surface area contributed by atoms with Gasteiger partial charge in [-0.15, -0.1) is 11.3 Å². The average molecular weight is 271 g/mol. The second-order valence-electron chi connectivity index (χ2n) is 4.36. The highest BCUT2D eigenvalue weighted by molar-refractivity contribution is 7.21. The van der Waals surface area contributed by atoms with Crippen molar-refractivity contribution in [2.75, 3.05) is 5.73 Å². The monoisotopic (exact) mass is 271 g/mol.